The van der Waals surface area contributed by atoms with E-state index < -0.39 is 120 Å². The van der Waals surface area contributed by atoms with Gasteiger partial charge >= 0.3 is 18.1 Å². The summed E-state index contributed by atoms with van der Waals surface area (Å²) in [6.07, 6.45) is 0.0711. The summed E-state index contributed by atoms with van der Waals surface area (Å²) in [5.41, 5.74) is 6.91. The number of nitrogens with zero attached hydrogens (tertiary/aromatic N) is 3. The normalized spacial score (nSPS) is 16.6. The summed E-state index contributed by atoms with van der Waals surface area (Å²) in [4.78, 5) is 178. The van der Waals surface area contributed by atoms with Gasteiger partial charge in [-0.25, -0.2) is 9.59 Å². The first-order chi connectivity index (χ1) is 50.0. The highest BCUT2D eigenvalue weighted by Crippen LogP contribution is 2.34. The van der Waals surface area contributed by atoms with Crippen LogP contribution < -0.4 is 32.3 Å². The fraction of sp³-hybridized carbons (Fsp3) is 0.679. The van der Waals surface area contributed by atoms with Gasteiger partial charge in [0.05, 0.1) is 66.6 Å². The number of carboxylic acid groups (broad SMARTS) is 1. The Balaban J connectivity index is 1.65. The van der Waals surface area contributed by atoms with E-state index in [1.165, 1.54) is 26.0 Å². The van der Waals surface area contributed by atoms with Crippen LogP contribution in [0.5, 0.6) is 0 Å². The number of ketones is 4. The van der Waals surface area contributed by atoms with Crippen LogP contribution in [0.4, 0.5) is 15.3 Å². The molecule has 2 aromatic rings. The molecule has 1 aliphatic heterocycles. The van der Waals surface area contributed by atoms with Crippen molar-refractivity contribution in [2.24, 2.45) is 53.1 Å². The van der Waals surface area contributed by atoms with E-state index in [0.717, 1.165) is 17.3 Å². The Labute approximate surface area is 631 Å². The standard InChI is InChI=1S/C78H123N9O18S/c1-17-49(9)71(63(103-15)42-67(94)87-38-26-30-59(87)73(104-16)51(11)60(89)39-50(10)72(97)54-27-21-19-22-28-54)85(13)76(100)57(46(3)4)41-62(91)70(48(7)8)86(14)78(102)105-44-53-32-34-56(35-33-53)82-74(98)55(29-25-37-81-77(79)101)40-61(90)69(47(5)6)84-66(93)31-23-20-24-36-80-75(99)64(43-68(95)96)106-45-58(52(12)88)83-65(92)18-2/h19,21-22,27-28,32-35,46-51,55,57-59,63-64,69-73,97H,17-18,20,23-26,29-31,36-45H2,1-16H3,(H,80,99)(H,82,98)(H,83,92)(H,84,93)(H,95,96)(H3,79,81,101)/t49-,50-,51-,55+,57?,58?,59-,63+,64?,69+,70+,71-,72+,73-/m0/s1. The number of rotatable bonds is 50. The van der Waals surface area contributed by atoms with Crippen LogP contribution in [0.3, 0.4) is 0 Å². The van der Waals surface area contributed by atoms with Crippen LogP contribution in [-0.4, -0.2) is 203 Å². The van der Waals surface area contributed by atoms with E-state index in [-0.39, 0.29) is 141 Å². The van der Waals surface area contributed by atoms with Crippen molar-refractivity contribution in [3.05, 3.63) is 65.7 Å². The molecule has 0 aromatic heterocycles. The zero-order valence-electron chi connectivity index (χ0n) is 65.4. The molecule has 594 valence electrons. The number of nitrogens with two attached hydrogens (primary N) is 1. The Bertz CT molecular complexity index is 3190. The minimum atomic E-state index is -1.21. The van der Waals surface area contributed by atoms with Crippen molar-refractivity contribution in [3.8, 4) is 0 Å². The molecule has 0 saturated carbocycles. The first-order valence-electron chi connectivity index (χ1n) is 37.5. The number of likely N-dealkylation sites (tertiary alicyclic amines) is 1. The SMILES string of the molecule is CCC(=O)NC(CSC(CC(=O)O)C(=O)NCCCCCC(=O)N[C@@H](C(=O)C[C@@H](CCCNC(N)=O)C(=O)Nc1ccc(COC(=O)N(C)[C@@H](C(=O)CC(C(=O)N(C)[C@@H]([C@@H](C)CC)[C@@H](CC(=O)N2CCC[C@H]2[C@@H](OC)[C@@H](C)C(=O)C[C@H](C)[C@@H](O)c2ccccc2)OC)C(C)C)C(C)C)cc1)C(C)C)C(C)=O. The number of methoxy groups -OCH3 is 2. The van der Waals surface area contributed by atoms with Crippen LogP contribution in [0.1, 0.15) is 197 Å². The number of carbonyl (C=O) groups is 13. The maximum Gasteiger partial charge on any atom is 0.410 e. The summed E-state index contributed by atoms with van der Waals surface area (Å²) in [6, 6.07) is 11.1. The topological polar surface area (TPSA) is 386 Å². The zero-order valence-corrected chi connectivity index (χ0v) is 66.2. The minimum absolute atomic E-state index is 0.0106. The molecule has 2 aromatic carbocycles. The van der Waals surface area contributed by atoms with Gasteiger partial charge in [-0.05, 0) is 98.3 Å². The number of thioether (sulfide) groups is 1. The molecule has 3 unspecified atom stereocenters. The van der Waals surface area contributed by atoms with Crippen LogP contribution in [0, 0.1) is 47.3 Å². The number of aliphatic hydroxyl groups is 1. The average molecular weight is 1510 g/mol. The third-order valence-electron chi connectivity index (χ3n) is 20.2. The van der Waals surface area contributed by atoms with Crippen LogP contribution in [0.25, 0.3) is 0 Å². The van der Waals surface area contributed by atoms with Crippen molar-refractivity contribution in [1.82, 2.24) is 36.0 Å². The number of nitrogens with one attached hydrogen (secondary N) is 5. The van der Waals surface area contributed by atoms with Gasteiger partial charge in [0.2, 0.25) is 35.4 Å². The summed E-state index contributed by atoms with van der Waals surface area (Å²) in [6.45, 7) is 22.0. The number of primary amides is 1. The van der Waals surface area contributed by atoms with Gasteiger partial charge in [-0.15, -0.1) is 11.8 Å². The van der Waals surface area contributed by atoms with Crippen molar-refractivity contribution in [2.45, 2.75) is 240 Å². The van der Waals surface area contributed by atoms with Gasteiger partial charge in [-0.1, -0.05) is 131 Å². The van der Waals surface area contributed by atoms with Gasteiger partial charge in [0.15, 0.2) is 17.3 Å². The van der Waals surface area contributed by atoms with Crippen LogP contribution in [-0.2, 0) is 73.6 Å². The molecule has 1 aliphatic rings. The predicted octanol–water partition coefficient (Wildman–Crippen LogP) is 8.60. The number of aliphatic carboxylic acids is 1. The molecule has 0 spiro atoms. The number of likely N-dealkylation sites (N-methyl/N-ethyl adjacent to an activating group) is 2. The molecule has 106 heavy (non-hydrogen) atoms. The molecule has 3 rings (SSSR count). The zero-order chi connectivity index (χ0) is 79.7. The Hall–Kier alpha value is -7.82. The quantitative estimate of drug-likeness (QED) is 0.0287. The Morgan fingerprint density at radius 2 is 1.34 bits per heavy atom. The number of hydrogen-bond donors (Lipinski definition) is 8. The highest BCUT2D eigenvalue weighted by atomic mass is 32.2. The second kappa shape index (κ2) is 47.1. The number of benzene rings is 2. The molecular weight excluding hydrogens is 1380 g/mol. The maximum absolute atomic E-state index is 14.9. The summed E-state index contributed by atoms with van der Waals surface area (Å²) in [7, 11) is 6.21. The molecule has 0 radical (unpaired) electrons. The van der Waals surface area contributed by atoms with Crippen LogP contribution >= 0.6 is 11.8 Å². The second-order valence-corrected chi connectivity index (χ2v) is 30.6. The summed E-state index contributed by atoms with van der Waals surface area (Å²) >= 11 is 0.961. The fourth-order valence-electron chi connectivity index (χ4n) is 13.7. The van der Waals surface area contributed by atoms with Gasteiger partial charge in [-0.2, -0.15) is 0 Å². The predicted molar refractivity (Wildman–Crippen MR) is 405 cm³/mol. The lowest BCUT2D eigenvalue weighted by atomic mass is 9.83. The fourth-order valence-corrected chi connectivity index (χ4v) is 14.9. The molecule has 28 heteroatoms. The number of amides is 9. The van der Waals surface area contributed by atoms with Gasteiger partial charge in [0.25, 0.3) is 0 Å². The van der Waals surface area contributed by atoms with Gasteiger partial charge < -0.3 is 71.4 Å². The van der Waals surface area contributed by atoms with Crippen molar-refractivity contribution in [1.29, 1.82) is 0 Å². The first kappa shape index (κ1) is 92.4. The Morgan fingerprint density at radius 3 is 1.91 bits per heavy atom. The van der Waals surface area contributed by atoms with E-state index in [2.05, 4.69) is 26.6 Å². The number of hydrogen-bond acceptors (Lipinski definition) is 18. The highest BCUT2D eigenvalue weighted by Gasteiger charge is 2.44. The van der Waals surface area contributed by atoms with Crippen molar-refractivity contribution < 1.29 is 86.8 Å². The van der Waals surface area contributed by atoms with Gasteiger partial charge in [-0.3, -0.25) is 52.7 Å². The summed E-state index contributed by atoms with van der Waals surface area (Å²) in [5, 5.41) is 32.9. The number of ether oxygens (including phenoxy) is 3. The Kier molecular flexibility index (Phi) is 41.0. The van der Waals surface area contributed by atoms with Crippen LogP contribution in [0.15, 0.2) is 54.6 Å². The summed E-state index contributed by atoms with van der Waals surface area (Å²) < 4.78 is 17.9. The molecule has 27 nitrogen and oxygen atoms in total. The minimum Gasteiger partial charge on any atom is -0.481 e. The van der Waals surface area contributed by atoms with Crippen molar-refractivity contribution in [2.75, 3.05) is 59.0 Å². The van der Waals surface area contributed by atoms with Crippen LogP contribution in [0.2, 0.25) is 0 Å². The number of urea groups is 1. The highest BCUT2D eigenvalue weighted by molar-refractivity contribution is 8.00. The second-order valence-electron chi connectivity index (χ2n) is 29.3. The smallest absolute Gasteiger partial charge is 0.410 e. The molecule has 0 bridgehead atoms. The van der Waals surface area contributed by atoms with E-state index in [9.17, 15) is 72.5 Å². The van der Waals surface area contributed by atoms with E-state index in [4.69, 9.17) is 19.9 Å². The van der Waals surface area contributed by atoms with E-state index in [0.29, 0.717) is 56.3 Å². The average Bonchev–Trinajstić information content (AvgIpc) is 1.54. The third-order valence-corrected chi connectivity index (χ3v) is 21.5. The summed E-state index contributed by atoms with van der Waals surface area (Å²) in [5.74, 6) is -8.54. The largest absolute Gasteiger partial charge is 0.481 e. The molecule has 14 atom stereocenters. The molecule has 9 amide bonds. The maximum atomic E-state index is 14.9. The number of aliphatic hydroxyl groups excluding tert-OH is 1. The Morgan fingerprint density at radius 1 is 0.689 bits per heavy atom. The lowest BCUT2D eigenvalue weighted by Gasteiger charge is -2.41. The molecule has 1 saturated heterocycles. The van der Waals surface area contributed by atoms with E-state index in [1.54, 1.807) is 82.8 Å². The number of Topliss-reactive ketones (excluding diaryl/α,β-unsaturated/α-hetero) is 4. The third kappa shape index (κ3) is 30.1. The number of anilines is 1. The molecule has 9 N–H and O–H groups in total. The van der Waals surface area contributed by atoms with Crippen molar-refractivity contribution >= 4 is 94.1 Å². The van der Waals surface area contributed by atoms with E-state index in [1.807, 2.05) is 71.9 Å². The number of carbonyl (C=O) groups excluding carboxylic acids is 12. The lowest BCUT2D eigenvalue weighted by molar-refractivity contribution is -0.149. The monoisotopic (exact) mass is 1510 g/mol. The molecule has 0 aliphatic carbocycles. The molecular formula is C78H123N9O18S. The number of carboxylic acids is 1. The lowest BCUT2D eigenvalue weighted by Crippen LogP contribution is -2.54. The van der Waals surface area contributed by atoms with Gasteiger partial charge in [0, 0.05) is 109 Å². The molecule has 1 fully saturated rings. The van der Waals surface area contributed by atoms with Crippen molar-refractivity contribution in [3.63, 3.8) is 0 Å². The first-order valence-corrected chi connectivity index (χ1v) is 38.5. The van der Waals surface area contributed by atoms with E-state index >= 15 is 0 Å². The number of unbranched alkanes of at least 4 members (excludes halogenated alkanes) is 2. The van der Waals surface area contributed by atoms with Gasteiger partial charge in [0.1, 0.15) is 12.4 Å². The molecule has 1 heterocycles.